The molecule has 1 amide bonds. The van der Waals surface area contributed by atoms with E-state index in [-0.39, 0.29) is 42.2 Å². The first kappa shape index (κ1) is 26.7. The van der Waals surface area contributed by atoms with Crippen molar-refractivity contribution in [1.29, 1.82) is 0 Å². The molecule has 3 rings (SSSR count). The molecular formula is C26H33N3O5S. The predicted octanol–water partition coefficient (Wildman–Crippen LogP) is 2.77. The highest BCUT2D eigenvalue weighted by Crippen LogP contribution is 2.34. The number of aromatic nitrogens is 1. The third-order valence-corrected chi connectivity index (χ3v) is 7.98. The van der Waals surface area contributed by atoms with Crippen LogP contribution in [0.4, 0.5) is 0 Å². The van der Waals surface area contributed by atoms with Crippen molar-refractivity contribution >= 4 is 15.9 Å². The molecule has 2 aromatic rings. The zero-order valence-corrected chi connectivity index (χ0v) is 21.5. The summed E-state index contributed by atoms with van der Waals surface area (Å²) in [4.78, 5) is 18.6. The second kappa shape index (κ2) is 11.7. The number of rotatable bonds is 6. The lowest BCUT2D eigenvalue weighted by Gasteiger charge is -2.37. The lowest BCUT2D eigenvalue weighted by molar-refractivity contribution is 0.0559. The number of ether oxygens (including phenoxy) is 1. The Balaban J connectivity index is 2.01. The molecule has 1 aliphatic rings. The average Bonchev–Trinajstić information content (AvgIpc) is 2.85. The van der Waals surface area contributed by atoms with Crippen molar-refractivity contribution in [3.8, 4) is 17.6 Å². The molecule has 1 N–H and O–H groups in total. The Bertz CT molecular complexity index is 1190. The number of sulfonamides is 1. The van der Waals surface area contributed by atoms with E-state index in [4.69, 9.17) is 4.74 Å². The van der Waals surface area contributed by atoms with Crippen LogP contribution in [-0.4, -0.2) is 72.5 Å². The maximum Gasteiger partial charge on any atom is 0.272 e. The normalized spacial score (nSPS) is 20.3. The number of pyridine rings is 1. The molecule has 8 nitrogen and oxygen atoms in total. The Kier molecular flexibility index (Phi) is 8.89. The van der Waals surface area contributed by atoms with Crippen LogP contribution in [0.2, 0.25) is 0 Å². The maximum absolute atomic E-state index is 13.5. The fourth-order valence-electron chi connectivity index (χ4n) is 3.85. The Morgan fingerprint density at radius 1 is 1.34 bits per heavy atom. The third-order valence-electron chi connectivity index (χ3n) is 5.96. The summed E-state index contributed by atoms with van der Waals surface area (Å²) in [6.45, 7) is 5.64. The Morgan fingerprint density at radius 2 is 2.11 bits per heavy atom. The van der Waals surface area contributed by atoms with E-state index >= 15 is 0 Å². The number of hydrogen-bond donors (Lipinski definition) is 1. The van der Waals surface area contributed by atoms with Gasteiger partial charge in [0.05, 0.1) is 13.2 Å². The van der Waals surface area contributed by atoms with Crippen LogP contribution in [0.3, 0.4) is 0 Å². The Labute approximate surface area is 208 Å². The number of nitrogens with zero attached hydrogens (tertiary/aromatic N) is 3. The first-order valence-corrected chi connectivity index (χ1v) is 13.2. The summed E-state index contributed by atoms with van der Waals surface area (Å²) in [5.74, 6) is 5.79. The lowest BCUT2D eigenvalue weighted by atomic mass is 10.0. The van der Waals surface area contributed by atoms with E-state index in [0.717, 1.165) is 12.8 Å². The highest BCUT2D eigenvalue weighted by Gasteiger charge is 2.38. The Hall–Kier alpha value is -2.93. The van der Waals surface area contributed by atoms with Gasteiger partial charge in [-0.25, -0.2) is 8.42 Å². The molecule has 188 valence electrons. The van der Waals surface area contributed by atoms with Gasteiger partial charge >= 0.3 is 0 Å². The van der Waals surface area contributed by atoms with Gasteiger partial charge in [0.15, 0.2) is 0 Å². The van der Waals surface area contributed by atoms with Gasteiger partial charge in [0, 0.05) is 43.7 Å². The molecule has 35 heavy (non-hydrogen) atoms. The van der Waals surface area contributed by atoms with Gasteiger partial charge in [-0.2, -0.15) is 4.31 Å². The molecule has 3 atom stereocenters. The number of likely N-dealkylation sites (N-methyl/N-ethyl adjacent to an activating group) is 1. The van der Waals surface area contributed by atoms with Crippen molar-refractivity contribution in [3.63, 3.8) is 0 Å². The predicted molar refractivity (Wildman–Crippen MR) is 133 cm³/mol. The first-order chi connectivity index (χ1) is 16.7. The van der Waals surface area contributed by atoms with Crippen molar-refractivity contribution in [3.05, 3.63) is 53.9 Å². The number of carbonyl (C=O) groups is 1. The third kappa shape index (κ3) is 6.20. The molecule has 0 unspecified atom stereocenters. The standard InChI is InChI=1S/C26H33N3O5S/c1-5-6-7-10-21-12-13-25-23(15-21)34-24(17-28(4)26(31)22-11-8-9-14-27-22)19(2)16-29(20(3)18-30)35(25,32)33/h8-9,11-15,19-20,24,30H,5-6,16-18H2,1-4H3/t19-,20+,24+/m1/s1. The van der Waals surface area contributed by atoms with E-state index in [1.54, 1.807) is 50.5 Å². The van der Waals surface area contributed by atoms with Crippen LogP contribution in [0.15, 0.2) is 47.5 Å². The number of aliphatic hydroxyl groups is 1. The summed E-state index contributed by atoms with van der Waals surface area (Å²) in [5, 5.41) is 9.77. The second-order valence-electron chi connectivity index (χ2n) is 8.85. The Morgan fingerprint density at radius 3 is 2.77 bits per heavy atom. The van der Waals surface area contributed by atoms with Gasteiger partial charge in [0.2, 0.25) is 10.0 Å². The summed E-state index contributed by atoms with van der Waals surface area (Å²) in [6.07, 6.45) is 2.71. The zero-order chi connectivity index (χ0) is 25.6. The average molecular weight is 500 g/mol. The topological polar surface area (TPSA) is 100 Å². The maximum atomic E-state index is 13.5. The number of carbonyl (C=O) groups excluding carboxylic acids is 1. The van der Waals surface area contributed by atoms with Crippen molar-refractivity contribution in [2.45, 2.75) is 50.7 Å². The van der Waals surface area contributed by atoms with Crippen molar-refractivity contribution < 1.29 is 23.1 Å². The van der Waals surface area contributed by atoms with Gasteiger partial charge < -0.3 is 14.7 Å². The van der Waals surface area contributed by atoms with Crippen LogP contribution in [0, 0.1) is 17.8 Å². The molecule has 1 aromatic heterocycles. The van der Waals surface area contributed by atoms with Crippen molar-refractivity contribution in [2.24, 2.45) is 5.92 Å². The SMILES string of the molecule is CCCC#Cc1ccc2c(c1)O[C@@H](CN(C)C(=O)c1ccccn1)[C@H](C)CN([C@@H](C)CO)S2(=O)=O. The van der Waals surface area contributed by atoms with E-state index in [9.17, 15) is 18.3 Å². The van der Waals surface area contributed by atoms with Gasteiger partial charge in [-0.3, -0.25) is 9.78 Å². The van der Waals surface area contributed by atoms with Crippen LogP contribution in [0.1, 0.15) is 49.7 Å². The minimum atomic E-state index is -3.93. The summed E-state index contributed by atoms with van der Waals surface area (Å²) >= 11 is 0. The van der Waals surface area contributed by atoms with Crippen LogP contribution in [0.25, 0.3) is 0 Å². The largest absolute Gasteiger partial charge is 0.487 e. The number of benzene rings is 1. The van der Waals surface area contributed by atoms with Crippen molar-refractivity contribution in [2.75, 3.05) is 26.7 Å². The van der Waals surface area contributed by atoms with Gasteiger partial charge in [-0.05, 0) is 43.7 Å². The fourth-order valence-corrected chi connectivity index (χ4v) is 5.67. The molecule has 9 heteroatoms. The number of unbranched alkanes of at least 4 members (excludes halogenated alkanes) is 1. The number of amides is 1. The zero-order valence-electron chi connectivity index (χ0n) is 20.6. The summed E-state index contributed by atoms with van der Waals surface area (Å²) in [6, 6.07) is 9.34. The fraction of sp³-hybridized carbons (Fsp3) is 0.462. The van der Waals surface area contributed by atoms with Gasteiger partial charge in [-0.1, -0.05) is 31.8 Å². The van der Waals surface area contributed by atoms with E-state index in [2.05, 4.69) is 16.8 Å². The summed E-state index contributed by atoms with van der Waals surface area (Å²) in [5.41, 5.74) is 0.972. The lowest BCUT2D eigenvalue weighted by Crippen LogP contribution is -2.50. The van der Waals surface area contributed by atoms with E-state index in [1.807, 2.05) is 13.8 Å². The van der Waals surface area contributed by atoms with Crippen LogP contribution in [-0.2, 0) is 10.0 Å². The van der Waals surface area contributed by atoms with E-state index in [1.165, 1.54) is 15.3 Å². The molecule has 2 heterocycles. The quantitative estimate of drug-likeness (QED) is 0.614. The molecule has 0 fully saturated rings. The van der Waals surface area contributed by atoms with Gasteiger partial charge in [0.25, 0.3) is 5.91 Å². The minimum Gasteiger partial charge on any atom is -0.487 e. The molecule has 0 aliphatic carbocycles. The van der Waals surface area contributed by atoms with Crippen molar-refractivity contribution in [1.82, 2.24) is 14.2 Å². The smallest absolute Gasteiger partial charge is 0.272 e. The van der Waals surface area contributed by atoms with Crippen LogP contribution < -0.4 is 4.74 Å². The van der Waals surface area contributed by atoms with E-state index < -0.39 is 22.2 Å². The van der Waals surface area contributed by atoms with Gasteiger partial charge in [0.1, 0.15) is 22.4 Å². The van der Waals surface area contributed by atoms with E-state index in [0.29, 0.717) is 11.3 Å². The summed E-state index contributed by atoms with van der Waals surface area (Å²) in [7, 11) is -2.26. The minimum absolute atomic E-state index is 0.0226. The molecule has 0 bridgehead atoms. The first-order valence-electron chi connectivity index (χ1n) is 11.8. The van der Waals surface area contributed by atoms with Crippen LogP contribution in [0.5, 0.6) is 5.75 Å². The van der Waals surface area contributed by atoms with Crippen LogP contribution >= 0.6 is 0 Å². The number of fused-ring (bicyclic) bond motifs is 1. The summed E-state index contributed by atoms with van der Waals surface area (Å²) < 4.78 is 34.7. The van der Waals surface area contributed by atoms with Gasteiger partial charge in [-0.15, -0.1) is 0 Å². The highest BCUT2D eigenvalue weighted by atomic mass is 32.2. The monoisotopic (exact) mass is 499 g/mol. The second-order valence-corrected chi connectivity index (χ2v) is 10.7. The molecule has 1 aliphatic heterocycles. The molecule has 0 saturated carbocycles. The molecule has 0 saturated heterocycles. The molecular weight excluding hydrogens is 466 g/mol. The number of hydrogen-bond acceptors (Lipinski definition) is 6. The highest BCUT2D eigenvalue weighted by molar-refractivity contribution is 7.89. The number of aliphatic hydroxyl groups excluding tert-OH is 1. The molecule has 0 radical (unpaired) electrons. The molecule has 1 aromatic carbocycles. The molecule has 0 spiro atoms.